The summed E-state index contributed by atoms with van der Waals surface area (Å²) in [6.07, 6.45) is 35.2. The van der Waals surface area contributed by atoms with Crippen molar-refractivity contribution in [1.82, 2.24) is 0 Å². The SMILES string of the molecule is C=COC=CCCCCCCCCCCCCCCCCCCCCCC. The Kier molecular flexibility index (Phi) is 24.6. The van der Waals surface area contributed by atoms with E-state index >= 15 is 0 Å². The molecule has 0 atom stereocenters. The Morgan fingerprint density at radius 1 is 0.519 bits per heavy atom. The van der Waals surface area contributed by atoms with Crippen molar-refractivity contribution >= 4 is 0 Å². The molecule has 0 radical (unpaired) electrons. The van der Waals surface area contributed by atoms with E-state index < -0.39 is 0 Å². The molecule has 160 valence electrons. The van der Waals surface area contributed by atoms with Gasteiger partial charge in [-0.05, 0) is 18.9 Å². The fourth-order valence-corrected chi connectivity index (χ4v) is 3.70. The Bertz CT molecular complexity index is 295. The smallest absolute Gasteiger partial charge is 0.0861 e. The van der Waals surface area contributed by atoms with Gasteiger partial charge in [0.15, 0.2) is 0 Å². The standard InChI is InChI=1S/C26H50O/c1-3-5-6-7-8-9-10-11-12-13-14-15-16-17-18-19-20-21-22-23-24-25-26-27-4-2/h4,25-26H,2-3,5-24H2,1H3. The molecule has 27 heavy (non-hydrogen) atoms. The lowest BCUT2D eigenvalue weighted by molar-refractivity contribution is 0.402. The van der Waals surface area contributed by atoms with Crippen LogP contribution >= 0.6 is 0 Å². The van der Waals surface area contributed by atoms with E-state index in [1.165, 1.54) is 135 Å². The summed E-state index contributed by atoms with van der Waals surface area (Å²) < 4.78 is 4.96. The molecule has 0 saturated carbocycles. The van der Waals surface area contributed by atoms with Crippen LogP contribution in [-0.4, -0.2) is 0 Å². The quantitative estimate of drug-likeness (QED) is 0.127. The van der Waals surface area contributed by atoms with Gasteiger partial charge >= 0.3 is 0 Å². The Labute approximate surface area is 172 Å². The maximum atomic E-state index is 4.96. The van der Waals surface area contributed by atoms with E-state index in [-0.39, 0.29) is 0 Å². The molecule has 1 nitrogen and oxygen atoms in total. The Morgan fingerprint density at radius 3 is 1.19 bits per heavy atom. The van der Waals surface area contributed by atoms with E-state index in [2.05, 4.69) is 19.6 Å². The van der Waals surface area contributed by atoms with Crippen LogP contribution in [0.1, 0.15) is 142 Å². The second-order valence-electron chi connectivity index (χ2n) is 8.18. The zero-order valence-electron chi connectivity index (χ0n) is 18.7. The molecule has 0 amide bonds. The van der Waals surface area contributed by atoms with Gasteiger partial charge in [-0.15, -0.1) is 0 Å². The molecule has 0 heterocycles. The summed E-state index contributed by atoms with van der Waals surface area (Å²) in [5, 5.41) is 0. The van der Waals surface area contributed by atoms with E-state index in [4.69, 9.17) is 4.74 Å². The highest BCUT2D eigenvalue weighted by molar-refractivity contribution is 4.75. The van der Waals surface area contributed by atoms with Crippen LogP contribution in [0.5, 0.6) is 0 Å². The summed E-state index contributed by atoms with van der Waals surface area (Å²) in [4.78, 5) is 0. The molecule has 0 saturated heterocycles. The van der Waals surface area contributed by atoms with Crippen molar-refractivity contribution < 1.29 is 4.74 Å². The maximum absolute atomic E-state index is 4.96. The van der Waals surface area contributed by atoms with Gasteiger partial charge in [-0.2, -0.15) is 0 Å². The van der Waals surface area contributed by atoms with E-state index in [1.54, 1.807) is 6.26 Å². The van der Waals surface area contributed by atoms with E-state index in [0.717, 1.165) is 6.42 Å². The summed E-state index contributed by atoms with van der Waals surface area (Å²) in [6.45, 7) is 5.81. The van der Waals surface area contributed by atoms with Crippen LogP contribution in [0.25, 0.3) is 0 Å². The lowest BCUT2D eigenvalue weighted by Gasteiger charge is -2.04. The topological polar surface area (TPSA) is 9.23 Å². The fourth-order valence-electron chi connectivity index (χ4n) is 3.70. The van der Waals surface area contributed by atoms with Crippen molar-refractivity contribution in [2.24, 2.45) is 0 Å². The molecule has 0 aliphatic heterocycles. The number of rotatable bonds is 23. The maximum Gasteiger partial charge on any atom is 0.0861 e. The van der Waals surface area contributed by atoms with Crippen LogP contribution in [0.15, 0.2) is 25.2 Å². The Balaban J connectivity index is 3.00. The molecular formula is C26H50O. The van der Waals surface area contributed by atoms with Crippen molar-refractivity contribution in [2.75, 3.05) is 0 Å². The first-order valence-corrected chi connectivity index (χ1v) is 12.3. The number of hydrogen-bond donors (Lipinski definition) is 0. The minimum absolute atomic E-state index is 1.13. The summed E-state index contributed by atoms with van der Waals surface area (Å²) >= 11 is 0. The molecule has 0 fully saturated rings. The van der Waals surface area contributed by atoms with Crippen molar-refractivity contribution in [3.05, 3.63) is 25.2 Å². The van der Waals surface area contributed by atoms with Gasteiger partial charge in [-0.25, -0.2) is 0 Å². The third-order valence-corrected chi connectivity index (χ3v) is 5.50. The van der Waals surface area contributed by atoms with Crippen LogP contribution < -0.4 is 0 Å². The van der Waals surface area contributed by atoms with Crippen LogP contribution in [-0.2, 0) is 4.74 Å². The van der Waals surface area contributed by atoms with Crippen molar-refractivity contribution in [2.45, 2.75) is 142 Å². The van der Waals surface area contributed by atoms with Gasteiger partial charge in [-0.1, -0.05) is 135 Å². The molecule has 0 unspecified atom stereocenters. The molecule has 0 aliphatic carbocycles. The molecule has 0 aliphatic rings. The van der Waals surface area contributed by atoms with Gasteiger partial charge in [0.2, 0.25) is 0 Å². The summed E-state index contributed by atoms with van der Waals surface area (Å²) in [5.41, 5.74) is 0. The predicted molar refractivity (Wildman–Crippen MR) is 123 cm³/mol. The number of ether oxygens (including phenoxy) is 1. The van der Waals surface area contributed by atoms with E-state index in [0.29, 0.717) is 0 Å². The van der Waals surface area contributed by atoms with Gasteiger partial charge in [0.25, 0.3) is 0 Å². The second kappa shape index (κ2) is 25.3. The normalized spacial score (nSPS) is 11.3. The molecule has 0 spiro atoms. The summed E-state index contributed by atoms with van der Waals surface area (Å²) in [7, 11) is 0. The first-order chi connectivity index (χ1) is 13.4. The molecule has 0 aromatic rings. The third kappa shape index (κ3) is 25.3. The molecule has 0 N–H and O–H groups in total. The largest absolute Gasteiger partial charge is 0.474 e. The highest BCUT2D eigenvalue weighted by Gasteiger charge is 1.95. The highest BCUT2D eigenvalue weighted by Crippen LogP contribution is 2.15. The van der Waals surface area contributed by atoms with Crippen LogP contribution in [0, 0.1) is 0 Å². The molecule has 0 aromatic heterocycles. The molecular weight excluding hydrogens is 328 g/mol. The average molecular weight is 379 g/mol. The summed E-state index contributed by atoms with van der Waals surface area (Å²) in [6, 6.07) is 0. The first kappa shape index (κ1) is 26.3. The van der Waals surface area contributed by atoms with Gasteiger partial charge < -0.3 is 4.74 Å². The first-order valence-electron chi connectivity index (χ1n) is 12.3. The van der Waals surface area contributed by atoms with Gasteiger partial charge in [0.05, 0.1) is 12.5 Å². The second-order valence-corrected chi connectivity index (χ2v) is 8.18. The minimum atomic E-state index is 1.13. The number of unbranched alkanes of at least 4 members (excludes halogenated alkanes) is 20. The average Bonchev–Trinajstić information content (AvgIpc) is 2.68. The third-order valence-electron chi connectivity index (χ3n) is 5.50. The Hall–Kier alpha value is -0.720. The minimum Gasteiger partial charge on any atom is -0.474 e. The number of allylic oxidation sites excluding steroid dienone is 1. The van der Waals surface area contributed by atoms with Crippen LogP contribution in [0.2, 0.25) is 0 Å². The lowest BCUT2D eigenvalue weighted by atomic mass is 10.0. The van der Waals surface area contributed by atoms with Gasteiger partial charge in [0, 0.05) is 0 Å². The molecule has 1 heteroatoms. The fraction of sp³-hybridized carbons (Fsp3) is 0.846. The van der Waals surface area contributed by atoms with Crippen molar-refractivity contribution in [1.29, 1.82) is 0 Å². The van der Waals surface area contributed by atoms with Crippen molar-refractivity contribution in [3.63, 3.8) is 0 Å². The zero-order chi connectivity index (χ0) is 19.7. The number of hydrogen-bond acceptors (Lipinski definition) is 1. The lowest BCUT2D eigenvalue weighted by Crippen LogP contribution is -1.84. The molecule has 0 rings (SSSR count). The zero-order valence-corrected chi connectivity index (χ0v) is 18.7. The van der Waals surface area contributed by atoms with Crippen LogP contribution in [0.4, 0.5) is 0 Å². The van der Waals surface area contributed by atoms with Gasteiger partial charge in [-0.3, -0.25) is 0 Å². The Morgan fingerprint density at radius 2 is 0.852 bits per heavy atom. The molecule has 0 aromatic carbocycles. The summed E-state index contributed by atoms with van der Waals surface area (Å²) in [5.74, 6) is 0. The van der Waals surface area contributed by atoms with E-state index in [1.807, 2.05) is 0 Å². The van der Waals surface area contributed by atoms with Crippen molar-refractivity contribution in [3.8, 4) is 0 Å². The molecule has 0 bridgehead atoms. The highest BCUT2D eigenvalue weighted by atomic mass is 16.5. The van der Waals surface area contributed by atoms with Crippen LogP contribution in [0.3, 0.4) is 0 Å². The monoisotopic (exact) mass is 378 g/mol. The van der Waals surface area contributed by atoms with E-state index in [9.17, 15) is 0 Å². The predicted octanol–water partition coefficient (Wildman–Crippen LogP) is 9.87. The van der Waals surface area contributed by atoms with Gasteiger partial charge in [0.1, 0.15) is 0 Å².